The van der Waals surface area contributed by atoms with Gasteiger partial charge >= 0.3 is 0 Å². The van der Waals surface area contributed by atoms with Crippen molar-refractivity contribution in [2.75, 3.05) is 0 Å². The molecule has 0 saturated heterocycles. The van der Waals surface area contributed by atoms with E-state index in [1.807, 2.05) is 41.5 Å². The van der Waals surface area contributed by atoms with Crippen molar-refractivity contribution in [3.63, 3.8) is 0 Å². The number of aromatic hydroxyl groups is 4. The Kier molecular flexibility index (Phi) is 5.51. The Hall–Kier alpha value is -2.95. The van der Waals surface area contributed by atoms with Gasteiger partial charge in [0.1, 0.15) is 5.75 Å². The Bertz CT molecular complexity index is 906. The van der Waals surface area contributed by atoms with Crippen molar-refractivity contribution in [3.8, 4) is 23.0 Å². The van der Waals surface area contributed by atoms with Crippen LogP contribution in [-0.4, -0.2) is 26.2 Å². The van der Waals surface area contributed by atoms with Crippen molar-refractivity contribution in [1.82, 2.24) is 0 Å². The average Bonchev–Trinajstić information content (AvgIpc) is 2.57. The highest BCUT2D eigenvalue weighted by atomic mass is 16.3. The smallest absolute Gasteiger partial charge is 0.200 e. The van der Waals surface area contributed by atoms with Gasteiger partial charge in [-0.1, -0.05) is 41.5 Å². The zero-order valence-electron chi connectivity index (χ0n) is 17.2. The van der Waals surface area contributed by atoms with Gasteiger partial charge in [-0.15, -0.1) is 0 Å². The van der Waals surface area contributed by atoms with Crippen LogP contribution in [0.25, 0.3) is 6.08 Å². The third-order valence-electron chi connectivity index (χ3n) is 4.59. The third-order valence-corrected chi connectivity index (χ3v) is 4.59. The summed E-state index contributed by atoms with van der Waals surface area (Å²) in [5, 5.41) is 39.6. The first-order chi connectivity index (χ1) is 12.7. The van der Waals surface area contributed by atoms with Crippen LogP contribution >= 0.6 is 0 Å². The summed E-state index contributed by atoms with van der Waals surface area (Å²) in [6.45, 7) is 11.8. The highest BCUT2D eigenvalue weighted by Gasteiger charge is 2.27. The Balaban J connectivity index is 2.53. The molecule has 2 rings (SSSR count). The molecule has 0 radical (unpaired) electrons. The second-order valence-corrected chi connectivity index (χ2v) is 8.99. The fourth-order valence-electron chi connectivity index (χ4n) is 2.90. The minimum absolute atomic E-state index is 0.196. The van der Waals surface area contributed by atoms with E-state index in [1.54, 1.807) is 12.1 Å². The Morgan fingerprint density at radius 2 is 1.29 bits per heavy atom. The van der Waals surface area contributed by atoms with Gasteiger partial charge in [0, 0.05) is 22.3 Å². The van der Waals surface area contributed by atoms with Crippen molar-refractivity contribution < 1.29 is 25.2 Å². The normalized spacial score (nSPS) is 12.5. The number of allylic oxidation sites excluding steroid dienone is 1. The SMILES string of the molecule is CC(C)(C)c1cc(C(=O)C=Cc2ccc(O)c(O)c2O)cc(C(C)(C)C)c1O. The van der Waals surface area contributed by atoms with E-state index in [0.29, 0.717) is 16.7 Å². The number of ketones is 1. The Morgan fingerprint density at radius 3 is 1.75 bits per heavy atom. The van der Waals surface area contributed by atoms with E-state index in [0.717, 1.165) is 0 Å². The molecule has 5 heteroatoms. The lowest BCUT2D eigenvalue weighted by Gasteiger charge is -2.27. The summed E-state index contributed by atoms with van der Waals surface area (Å²) in [4.78, 5) is 12.8. The van der Waals surface area contributed by atoms with E-state index in [9.17, 15) is 25.2 Å². The number of hydrogen-bond acceptors (Lipinski definition) is 5. The van der Waals surface area contributed by atoms with Crippen LogP contribution in [-0.2, 0) is 10.8 Å². The van der Waals surface area contributed by atoms with Crippen LogP contribution in [0, 0.1) is 0 Å². The second-order valence-electron chi connectivity index (χ2n) is 8.99. The second kappa shape index (κ2) is 7.23. The summed E-state index contributed by atoms with van der Waals surface area (Å²) in [5.74, 6) is -1.68. The molecule has 2 aromatic carbocycles. The maximum absolute atomic E-state index is 12.8. The monoisotopic (exact) mass is 384 g/mol. The number of hydrogen-bond donors (Lipinski definition) is 4. The average molecular weight is 384 g/mol. The van der Waals surface area contributed by atoms with Crippen LogP contribution in [0.4, 0.5) is 0 Å². The fourth-order valence-corrected chi connectivity index (χ4v) is 2.90. The molecule has 2 aromatic rings. The van der Waals surface area contributed by atoms with Gasteiger partial charge in [0.15, 0.2) is 17.3 Å². The van der Waals surface area contributed by atoms with Gasteiger partial charge in [-0.3, -0.25) is 4.79 Å². The first-order valence-corrected chi connectivity index (χ1v) is 9.07. The van der Waals surface area contributed by atoms with Crippen molar-refractivity contribution >= 4 is 11.9 Å². The molecule has 4 N–H and O–H groups in total. The van der Waals surface area contributed by atoms with E-state index in [2.05, 4.69) is 0 Å². The molecule has 0 saturated carbocycles. The van der Waals surface area contributed by atoms with Crippen LogP contribution in [0.15, 0.2) is 30.3 Å². The molecule has 0 fully saturated rings. The van der Waals surface area contributed by atoms with Crippen molar-refractivity contribution in [2.24, 2.45) is 0 Å². The van der Waals surface area contributed by atoms with Crippen molar-refractivity contribution in [1.29, 1.82) is 0 Å². The molecule has 5 nitrogen and oxygen atoms in total. The summed E-state index contributed by atoms with van der Waals surface area (Å²) in [6.07, 6.45) is 2.66. The highest BCUT2D eigenvalue weighted by molar-refractivity contribution is 6.07. The Labute approximate surface area is 165 Å². The molecule has 0 bridgehead atoms. The van der Waals surface area contributed by atoms with Crippen LogP contribution in [0.3, 0.4) is 0 Å². The van der Waals surface area contributed by atoms with Gasteiger partial charge in [-0.05, 0) is 47.2 Å². The summed E-state index contributed by atoms with van der Waals surface area (Å²) in [7, 11) is 0. The third kappa shape index (κ3) is 4.30. The Morgan fingerprint density at radius 1 is 0.786 bits per heavy atom. The maximum Gasteiger partial charge on any atom is 0.200 e. The van der Waals surface area contributed by atoms with Crippen molar-refractivity contribution in [2.45, 2.75) is 52.4 Å². The lowest BCUT2D eigenvalue weighted by Crippen LogP contribution is -2.18. The van der Waals surface area contributed by atoms with Gasteiger partial charge in [-0.25, -0.2) is 0 Å². The molecule has 150 valence electrons. The number of carbonyl (C=O) groups is 1. The highest BCUT2D eigenvalue weighted by Crippen LogP contribution is 2.40. The van der Waals surface area contributed by atoms with Crippen LogP contribution in [0.1, 0.15) is 68.6 Å². The minimum atomic E-state index is -0.635. The molecule has 0 aromatic heterocycles. The molecule has 28 heavy (non-hydrogen) atoms. The van der Waals surface area contributed by atoms with Gasteiger partial charge in [-0.2, -0.15) is 0 Å². The predicted octanol–water partition coefficient (Wildman–Crippen LogP) is 5.00. The topological polar surface area (TPSA) is 98.0 Å². The van der Waals surface area contributed by atoms with Gasteiger partial charge in [0.25, 0.3) is 0 Å². The quantitative estimate of drug-likeness (QED) is 0.339. The molecule has 0 spiro atoms. The molecule has 0 aliphatic heterocycles. The molecule has 0 unspecified atom stereocenters. The van der Waals surface area contributed by atoms with Gasteiger partial charge in [0.2, 0.25) is 5.75 Å². The molecular formula is C23H28O5. The number of phenols is 4. The summed E-state index contributed by atoms with van der Waals surface area (Å²) in [6, 6.07) is 6.00. The zero-order valence-corrected chi connectivity index (χ0v) is 17.2. The van der Waals surface area contributed by atoms with E-state index in [4.69, 9.17) is 0 Å². The first-order valence-electron chi connectivity index (χ1n) is 9.07. The molecule has 0 heterocycles. The molecule has 0 amide bonds. The predicted molar refractivity (Wildman–Crippen MR) is 110 cm³/mol. The standard InChI is InChI=1S/C23H28O5/c1-22(2,3)15-11-14(12-16(20(15)27)23(4,5)6)17(24)9-7-13-8-10-18(25)21(28)19(13)26/h7-12,25-28H,1-6H3. The van der Waals surface area contributed by atoms with E-state index >= 15 is 0 Å². The van der Waals surface area contributed by atoms with Gasteiger partial charge in [0.05, 0.1) is 0 Å². The van der Waals surface area contributed by atoms with Crippen LogP contribution in [0.5, 0.6) is 23.0 Å². The molecule has 0 aliphatic carbocycles. The molecular weight excluding hydrogens is 356 g/mol. The van der Waals surface area contributed by atoms with E-state index in [1.165, 1.54) is 24.3 Å². The summed E-state index contributed by atoms with van der Waals surface area (Å²) >= 11 is 0. The zero-order chi connectivity index (χ0) is 21.4. The first kappa shape index (κ1) is 21.4. The minimum Gasteiger partial charge on any atom is -0.507 e. The lowest BCUT2D eigenvalue weighted by atomic mass is 9.78. The maximum atomic E-state index is 12.8. The summed E-state index contributed by atoms with van der Waals surface area (Å²) in [5.41, 5.74) is 1.28. The number of rotatable bonds is 3. The van der Waals surface area contributed by atoms with Crippen LogP contribution < -0.4 is 0 Å². The van der Waals surface area contributed by atoms with E-state index < -0.39 is 17.2 Å². The van der Waals surface area contributed by atoms with E-state index in [-0.39, 0.29) is 27.9 Å². The van der Waals surface area contributed by atoms with Crippen molar-refractivity contribution in [3.05, 3.63) is 52.6 Å². The van der Waals surface area contributed by atoms with Gasteiger partial charge < -0.3 is 20.4 Å². The molecule has 0 aliphatic rings. The fraction of sp³-hybridized carbons (Fsp3) is 0.348. The largest absolute Gasteiger partial charge is 0.507 e. The lowest BCUT2D eigenvalue weighted by molar-refractivity contribution is 0.104. The number of benzene rings is 2. The molecule has 0 atom stereocenters. The number of carbonyl (C=O) groups excluding carboxylic acids is 1. The number of phenolic OH excluding ortho intramolecular Hbond substituents is 4. The summed E-state index contributed by atoms with van der Waals surface area (Å²) < 4.78 is 0. The van der Waals surface area contributed by atoms with Crippen LogP contribution in [0.2, 0.25) is 0 Å².